The second kappa shape index (κ2) is 10.0. The molecule has 174 valence electrons. The number of rotatable bonds is 8. The number of phenolic OH excluding ortho intramolecular Hbond substituents is 1. The molecule has 0 spiro atoms. The van der Waals surface area contributed by atoms with Crippen LogP contribution < -0.4 is 4.74 Å². The zero-order valence-corrected chi connectivity index (χ0v) is 20.1. The molecule has 0 aliphatic heterocycles. The molecule has 3 aromatic carbocycles. The van der Waals surface area contributed by atoms with Crippen LogP contribution in [0.5, 0.6) is 11.5 Å². The Balaban J connectivity index is 1.65. The van der Waals surface area contributed by atoms with E-state index in [1.54, 1.807) is 12.1 Å². The standard InChI is InChI=1S/C28H30N4O2/c1-20(18-32(2,3)4)19-34-23-15-16-24(25(33)17-23)28-30-26(21-11-7-5-8-12-21)29-27(31-28)22-13-9-6-10-14-22/h5-17,20H,18-19H2,1-4H3/p+1. The normalized spacial score (nSPS) is 12.4. The maximum Gasteiger partial charge on any atom is 0.167 e. The van der Waals surface area contributed by atoms with Crippen LogP contribution in [0.1, 0.15) is 6.92 Å². The Kier molecular flexibility index (Phi) is 6.89. The van der Waals surface area contributed by atoms with Crippen LogP contribution in [-0.2, 0) is 0 Å². The fourth-order valence-corrected chi connectivity index (χ4v) is 3.95. The molecule has 0 bridgehead atoms. The lowest BCUT2D eigenvalue weighted by molar-refractivity contribution is -0.873. The third-order valence-corrected chi connectivity index (χ3v) is 5.30. The van der Waals surface area contributed by atoms with Crippen LogP contribution in [0, 0.1) is 5.92 Å². The molecule has 1 atom stereocenters. The summed E-state index contributed by atoms with van der Waals surface area (Å²) in [5.74, 6) is 2.59. The minimum Gasteiger partial charge on any atom is -0.507 e. The largest absolute Gasteiger partial charge is 0.507 e. The number of hydrogen-bond acceptors (Lipinski definition) is 5. The Morgan fingerprint density at radius 1 is 0.765 bits per heavy atom. The van der Waals surface area contributed by atoms with Crippen molar-refractivity contribution in [2.75, 3.05) is 34.3 Å². The number of benzene rings is 3. The first-order valence-electron chi connectivity index (χ1n) is 11.4. The summed E-state index contributed by atoms with van der Waals surface area (Å²) in [6.07, 6.45) is 0. The molecule has 6 nitrogen and oxygen atoms in total. The van der Waals surface area contributed by atoms with Crippen molar-refractivity contribution in [3.05, 3.63) is 78.9 Å². The molecule has 0 saturated carbocycles. The second-order valence-electron chi connectivity index (χ2n) is 9.61. The van der Waals surface area contributed by atoms with E-state index >= 15 is 0 Å². The van der Waals surface area contributed by atoms with Crippen molar-refractivity contribution < 1.29 is 14.3 Å². The molecule has 1 heterocycles. The van der Waals surface area contributed by atoms with E-state index in [1.807, 2.05) is 66.7 Å². The molecule has 34 heavy (non-hydrogen) atoms. The van der Waals surface area contributed by atoms with E-state index in [0.29, 0.717) is 41.3 Å². The molecule has 6 heteroatoms. The summed E-state index contributed by atoms with van der Waals surface area (Å²) in [4.78, 5) is 14.1. The van der Waals surface area contributed by atoms with E-state index in [9.17, 15) is 5.11 Å². The number of nitrogens with zero attached hydrogens (tertiary/aromatic N) is 4. The summed E-state index contributed by atoms with van der Waals surface area (Å²) in [7, 11) is 6.50. The average molecular weight is 456 g/mol. The number of hydrogen-bond donors (Lipinski definition) is 1. The van der Waals surface area contributed by atoms with Gasteiger partial charge in [0.2, 0.25) is 0 Å². The third-order valence-electron chi connectivity index (χ3n) is 5.30. The topological polar surface area (TPSA) is 68.1 Å². The van der Waals surface area contributed by atoms with Crippen molar-refractivity contribution in [1.82, 2.24) is 15.0 Å². The SMILES string of the molecule is CC(COc1ccc(-c2nc(-c3ccccc3)nc(-c3ccccc3)n2)c(O)c1)C[N+](C)(C)C. The third kappa shape index (κ3) is 5.97. The lowest BCUT2D eigenvalue weighted by atomic mass is 10.1. The van der Waals surface area contributed by atoms with E-state index in [1.165, 1.54) is 0 Å². The van der Waals surface area contributed by atoms with Gasteiger partial charge in [0.15, 0.2) is 17.5 Å². The lowest BCUT2D eigenvalue weighted by Gasteiger charge is -2.27. The number of ether oxygens (including phenoxy) is 1. The zero-order valence-electron chi connectivity index (χ0n) is 20.1. The molecule has 1 aromatic heterocycles. The molecule has 4 rings (SSSR count). The van der Waals surface area contributed by atoms with Gasteiger partial charge in [-0.3, -0.25) is 0 Å². The Labute approximate surface area is 201 Å². The van der Waals surface area contributed by atoms with E-state index in [4.69, 9.17) is 9.72 Å². The Hall–Kier alpha value is -3.77. The Morgan fingerprint density at radius 2 is 1.29 bits per heavy atom. The summed E-state index contributed by atoms with van der Waals surface area (Å²) in [5.41, 5.74) is 2.30. The molecule has 0 aliphatic carbocycles. The zero-order chi connectivity index (χ0) is 24.1. The van der Waals surface area contributed by atoms with Gasteiger partial charge in [-0.2, -0.15) is 0 Å². The highest BCUT2D eigenvalue weighted by molar-refractivity contribution is 5.70. The highest BCUT2D eigenvalue weighted by Gasteiger charge is 2.17. The molecule has 1 N–H and O–H groups in total. The van der Waals surface area contributed by atoms with Crippen LogP contribution in [0.2, 0.25) is 0 Å². The molecule has 0 amide bonds. The predicted octanol–water partition coefficient (Wildman–Crippen LogP) is 5.30. The first-order valence-corrected chi connectivity index (χ1v) is 11.4. The molecule has 1 unspecified atom stereocenters. The van der Waals surface area contributed by atoms with Gasteiger partial charge in [0.05, 0.1) is 39.9 Å². The van der Waals surface area contributed by atoms with Crippen molar-refractivity contribution >= 4 is 0 Å². The number of phenols is 1. The summed E-state index contributed by atoms with van der Waals surface area (Å²) in [6.45, 7) is 3.74. The summed E-state index contributed by atoms with van der Waals surface area (Å²) >= 11 is 0. The first kappa shape index (κ1) is 23.4. The maximum atomic E-state index is 10.8. The van der Waals surface area contributed by atoms with Gasteiger partial charge in [-0.05, 0) is 12.1 Å². The van der Waals surface area contributed by atoms with Crippen molar-refractivity contribution in [2.45, 2.75) is 6.92 Å². The number of quaternary nitrogens is 1. The monoisotopic (exact) mass is 455 g/mol. The number of aromatic nitrogens is 3. The van der Waals surface area contributed by atoms with Crippen molar-refractivity contribution in [3.63, 3.8) is 0 Å². The van der Waals surface area contributed by atoms with Gasteiger partial charge in [0, 0.05) is 23.1 Å². The van der Waals surface area contributed by atoms with Gasteiger partial charge in [-0.25, -0.2) is 15.0 Å². The summed E-state index contributed by atoms with van der Waals surface area (Å²) < 4.78 is 6.82. The molecule has 0 aliphatic rings. The number of aromatic hydroxyl groups is 1. The fraction of sp³-hybridized carbons (Fsp3) is 0.250. The Morgan fingerprint density at radius 3 is 1.79 bits per heavy atom. The quantitative estimate of drug-likeness (QED) is 0.365. The van der Waals surface area contributed by atoms with Crippen LogP contribution in [0.3, 0.4) is 0 Å². The van der Waals surface area contributed by atoms with Crippen LogP contribution >= 0.6 is 0 Å². The van der Waals surface area contributed by atoms with Crippen molar-refractivity contribution in [2.24, 2.45) is 5.92 Å². The molecule has 0 fully saturated rings. The van der Waals surface area contributed by atoms with Gasteiger partial charge in [-0.1, -0.05) is 67.6 Å². The smallest absolute Gasteiger partial charge is 0.167 e. The average Bonchev–Trinajstić information content (AvgIpc) is 2.82. The second-order valence-corrected chi connectivity index (χ2v) is 9.61. The summed E-state index contributed by atoms with van der Waals surface area (Å²) in [6, 6.07) is 24.8. The maximum absolute atomic E-state index is 10.8. The van der Waals surface area contributed by atoms with E-state index < -0.39 is 0 Å². The first-order chi connectivity index (χ1) is 16.3. The van der Waals surface area contributed by atoms with Crippen LogP contribution in [-0.4, -0.2) is 58.8 Å². The van der Waals surface area contributed by atoms with E-state index in [2.05, 4.69) is 38.0 Å². The van der Waals surface area contributed by atoms with Gasteiger partial charge in [-0.15, -0.1) is 0 Å². The van der Waals surface area contributed by atoms with Crippen molar-refractivity contribution in [1.29, 1.82) is 0 Å². The van der Waals surface area contributed by atoms with E-state index in [0.717, 1.165) is 22.2 Å². The van der Waals surface area contributed by atoms with E-state index in [-0.39, 0.29) is 5.75 Å². The Bertz CT molecular complexity index is 1180. The fourth-order valence-electron chi connectivity index (χ4n) is 3.95. The molecular weight excluding hydrogens is 424 g/mol. The highest BCUT2D eigenvalue weighted by atomic mass is 16.5. The summed E-state index contributed by atoms with van der Waals surface area (Å²) in [5, 5.41) is 10.8. The molecule has 4 aromatic rings. The van der Waals surface area contributed by atoms with Gasteiger partial charge < -0.3 is 14.3 Å². The van der Waals surface area contributed by atoms with Crippen LogP contribution in [0.15, 0.2) is 78.9 Å². The predicted molar refractivity (Wildman–Crippen MR) is 135 cm³/mol. The highest BCUT2D eigenvalue weighted by Crippen LogP contribution is 2.32. The van der Waals surface area contributed by atoms with Crippen LogP contribution in [0.25, 0.3) is 34.2 Å². The molecular formula is C28H31N4O2+. The lowest BCUT2D eigenvalue weighted by Crippen LogP contribution is -2.39. The van der Waals surface area contributed by atoms with Crippen molar-refractivity contribution in [3.8, 4) is 45.7 Å². The molecule has 0 radical (unpaired) electrons. The van der Waals surface area contributed by atoms with Gasteiger partial charge in [0.25, 0.3) is 0 Å². The molecule has 0 saturated heterocycles. The van der Waals surface area contributed by atoms with Gasteiger partial charge >= 0.3 is 0 Å². The minimum atomic E-state index is 0.0704. The van der Waals surface area contributed by atoms with Gasteiger partial charge in [0.1, 0.15) is 11.5 Å². The van der Waals surface area contributed by atoms with Crippen LogP contribution in [0.4, 0.5) is 0 Å². The minimum absolute atomic E-state index is 0.0704.